The molecule has 0 aromatic heterocycles. The molecule has 0 bridgehead atoms. The molecule has 0 fully saturated rings. The van der Waals surface area contributed by atoms with Crippen LogP contribution in [-0.2, 0) is 4.79 Å². The van der Waals surface area contributed by atoms with Crippen molar-refractivity contribution in [2.24, 2.45) is 11.7 Å². The standard InChI is InChI=1S/C11H21N3O/c1-4-10(13)6-11(15)14(5-2)8-9(3)7-12/h9-10H,4-6,8,13H2,1-3H3. The predicted octanol–water partition coefficient (Wildman–Crippen LogP) is 1.12. The predicted molar refractivity (Wildman–Crippen MR) is 59.9 cm³/mol. The smallest absolute Gasteiger partial charge is 0.224 e. The minimum Gasteiger partial charge on any atom is -0.342 e. The van der Waals surface area contributed by atoms with Crippen LogP contribution in [0, 0.1) is 17.2 Å². The Kier molecular flexibility index (Phi) is 6.72. The second-order valence-electron chi connectivity index (χ2n) is 3.83. The summed E-state index contributed by atoms with van der Waals surface area (Å²) in [6.07, 6.45) is 1.18. The Hall–Kier alpha value is -1.08. The zero-order valence-electron chi connectivity index (χ0n) is 9.86. The second kappa shape index (κ2) is 7.24. The van der Waals surface area contributed by atoms with E-state index in [1.165, 1.54) is 0 Å². The molecule has 2 unspecified atom stereocenters. The molecule has 0 aromatic rings. The van der Waals surface area contributed by atoms with Crippen molar-refractivity contribution in [3.63, 3.8) is 0 Å². The molecule has 0 heterocycles. The average molecular weight is 211 g/mol. The third kappa shape index (κ3) is 5.38. The van der Waals surface area contributed by atoms with E-state index in [1.807, 2.05) is 20.8 Å². The first kappa shape index (κ1) is 13.9. The highest BCUT2D eigenvalue weighted by Crippen LogP contribution is 2.04. The lowest BCUT2D eigenvalue weighted by molar-refractivity contribution is -0.131. The van der Waals surface area contributed by atoms with Crippen molar-refractivity contribution in [3.05, 3.63) is 0 Å². The summed E-state index contributed by atoms with van der Waals surface area (Å²) < 4.78 is 0. The molecule has 2 atom stereocenters. The minimum atomic E-state index is -0.119. The highest BCUT2D eigenvalue weighted by molar-refractivity contribution is 5.76. The summed E-state index contributed by atoms with van der Waals surface area (Å²) in [6.45, 7) is 6.84. The van der Waals surface area contributed by atoms with Crippen LogP contribution in [0.25, 0.3) is 0 Å². The Balaban J connectivity index is 4.17. The van der Waals surface area contributed by atoms with Gasteiger partial charge in [-0.25, -0.2) is 0 Å². The third-order valence-electron chi connectivity index (χ3n) is 2.41. The highest BCUT2D eigenvalue weighted by atomic mass is 16.2. The molecule has 0 aliphatic carbocycles. The molecule has 15 heavy (non-hydrogen) atoms. The number of nitriles is 1. The normalized spacial score (nSPS) is 14.1. The van der Waals surface area contributed by atoms with Crippen LogP contribution in [0.1, 0.15) is 33.6 Å². The van der Waals surface area contributed by atoms with Gasteiger partial charge in [-0.2, -0.15) is 5.26 Å². The van der Waals surface area contributed by atoms with Gasteiger partial charge in [0.05, 0.1) is 12.0 Å². The van der Waals surface area contributed by atoms with E-state index in [-0.39, 0.29) is 17.9 Å². The van der Waals surface area contributed by atoms with Crippen LogP contribution in [0.5, 0.6) is 0 Å². The molecule has 1 amide bonds. The number of nitrogens with zero attached hydrogens (tertiary/aromatic N) is 2. The fraction of sp³-hybridized carbons (Fsp3) is 0.818. The van der Waals surface area contributed by atoms with Crippen molar-refractivity contribution in [2.45, 2.75) is 39.7 Å². The van der Waals surface area contributed by atoms with Crippen molar-refractivity contribution in [2.75, 3.05) is 13.1 Å². The molecule has 4 nitrogen and oxygen atoms in total. The first-order chi connectivity index (χ1) is 7.04. The first-order valence-corrected chi connectivity index (χ1v) is 5.48. The van der Waals surface area contributed by atoms with Crippen LogP contribution in [0.2, 0.25) is 0 Å². The zero-order chi connectivity index (χ0) is 11.8. The number of amides is 1. The molecule has 86 valence electrons. The van der Waals surface area contributed by atoms with Crippen molar-refractivity contribution in [1.82, 2.24) is 4.90 Å². The van der Waals surface area contributed by atoms with Gasteiger partial charge in [0.2, 0.25) is 5.91 Å². The van der Waals surface area contributed by atoms with Crippen LogP contribution in [0.3, 0.4) is 0 Å². The topological polar surface area (TPSA) is 70.1 Å². The molecule has 0 aliphatic heterocycles. The SMILES string of the molecule is CCC(N)CC(=O)N(CC)CC(C)C#N. The van der Waals surface area contributed by atoms with Crippen LogP contribution < -0.4 is 5.73 Å². The third-order valence-corrected chi connectivity index (χ3v) is 2.41. The number of nitrogens with two attached hydrogens (primary N) is 1. The van der Waals surface area contributed by atoms with E-state index >= 15 is 0 Å². The number of hydrogen-bond acceptors (Lipinski definition) is 3. The summed E-state index contributed by atoms with van der Waals surface area (Å²) in [5.74, 6) is -0.0688. The number of carbonyl (C=O) groups excluding carboxylic acids is 1. The molecular weight excluding hydrogens is 190 g/mol. The Bertz CT molecular complexity index is 234. The molecule has 0 radical (unpaired) electrons. The fourth-order valence-corrected chi connectivity index (χ4v) is 1.28. The van der Waals surface area contributed by atoms with E-state index < -0.39 is 0 Å². The van der Waals surface area contributed by atoms with Gasteiger partial charge in [0.25, 0.3) is 0 Å². The van der Waals surface area contributed by atoms with Crippen LogP contribution >= 0.6 is 0 Å². The van der Waals surface area contributed by atoms with Crippen molar-refractivity contribution >= 4 is 5.91 Å². The molecule has 2 N–H and O–H groups in total. The van der Waals surface area contributed by atoms with Gasteiger partial charge in [-0.15, -0.1) is 0 Å². The van der Waals surface area contributed by atoms with E-state index in [0.717, 1.165) is 6.42 Å². The van der Waals surface area contributed by atoms with Crippen molar-refractivity contribution in [3.8, 4) is 6.07 Å². The summed E-state index contributed by atoms with van der Waals surface area (Å²) >= 11 is 0. The van der Waals surface area contributed by atoms with Crippen molar-refractivity contribution < 1.29 is 4.79 Å². The van der Waals surface area contributed by atoms with Gasteiger partial charge in [0.1, 0.15) is 0 Å². The van der Waals surface area contributed by atoms with Crippen LogP contribution in [0.15, 0.2) is 0 Å². The quantitative estimate of drug-likeness (QED) is 0.715. The average Bonchev–Trinajstić information content (AvgIpc) is 2.24. The lowest BCUT2D eigenvalue weighted by Gasteiger charge is -2.23. The molecular formula is C11H21N3O. The van der Waals surface area contributed by atoms with Gasteiger partial charge in [-0.1, -0.05) is 6.92 Å². The maximum atomic E-state index is 11.7. The van der Waals surface area contributed by atoms with Crippen LogP contribution in [0.4, 0.5) is 0 Å². The summed E-state index contributed by atoms with van der Waals surface area (Å²) in [6, 6.07) is 2.06. The molecule has 4 heteroatoms. The zero-order valence-corrected chi connectivity index (χ0v) is 9.86. The maximum Gasteiger partial charge on any atom is 0.224 e. The molecule has 0 saturated heterocycles. The highest BCUT2D eigenvalue weighted by Gasteiger charge is 2.16. The number of hydrogen-bond donors (Lipinski definition) is 1. The Labute approximate surface area is 92.0 Å². The van der Waals surface area contributed by atoms with Gasteiger partial charge in [-0.3, -0.25) is 4.79 Å². The number of carbonyl (C=O) groups is 1. The Morgan fingerprint density at radius 2 is 2.13 bits per heavy atom. The van der Waals surface area contributed by atoms with Gasteiger partial charge < -0.3 is 10.6 Å². The number of rotatable bonds is 6. The monoisotopic (exact) mass is 211 g/mol. The van der Waals surface area contributed by atoms with Gasteiger partial charge >= 0.3 is 0 Å². The summed E-state index contributed by atoms with van der Waals surface area (Å²) in [7, 11) is 0. The van der Waals surface area contributed by atoms with Crippen LogP contribution in [-0.4, -0.2) is 29.9 Å². The van der Waals surface area contributed by atoms with E-state index in [0.29, 0.717) is 19.5 Å². The molecule has 0 rings (SSSR count). The second-order valence-corrected chi connectivity index (χ2v) is 3.83. The first-order valence-electron chi connectivity index (χ1n) is 5.48. The summed E-state index contributed by atoms with van der Waals surface area (Å²) in [5, 5.41) is 8.68. The lowest BCUT2D eigenvalue weighted by atomic mass is 10.1. The fourth-order valence-electron chi connectivity index (χ4n) is 1.28. The van der Waals surface area contributed by atoms with Crippen molar-refractivity contribution in [1.29, 1.82) is 5.26 Å². The molecule has 0 saturated carbocycles. The van der Waals surface area contributed by atoms with Gasteiger partial charge in [0, 0.05) is 25.6 Å². The summed E-state index contributed by atoms with van der Waals surface area (Å²) in [4.78, 5) is 13.4. The van der Waals surface area contributed by atoms with E-state index in [9.17, 15) is 4.79 Å². The minimum absolute atomic E-state index is 0.0500. The largest absolute Gasteiger partial charge is 0.342 e. The molecule has 0 aromatic carbocycles. The van der Waals surface area contributed by atoms with Gasteiger partial charge in [0.15, 0.2) is 0 Å². The maximum absolute atomic E-state index is 11.7. The summed E-state index contributed by atoms with van der Waals surface area (Å²) in [5.41, 5.74) is 5.72. The van der Waals surface area contributed by atoms with E-state index in [1.54, 1.807) is 4.90 Å². The molecule has 0 aliphatic rings. The Morgan fingerprint density at radius 1 is 1.53 bits per heavy atom. The lowest BCUT2D eigenvalue weighted by Crippen LogP contribution is -2.37. The van der Waals surface area contributed by atoms with Gasteiger partial charge in [-0.05, 0) is 20.3 Å². The molecule has 0 spiro atoms. The van der Waals surface area contributed by atoms with E-state index in [2.05, 4.69) is 6.07 Å². The Morgan fingerprint density at radius 3 is 2.53 bits per heavy atom. The van der Waals surface area contributed by atoms with E-state index in [4.69, 9.17) is 11.0 Å².